The van der Waals surface area contributed by atoms with Crippen LogP contribution in [0.4, 0.5) is 0 Å². The molecule has 2 aromatic carbocycles. The third-order valence-corrected chi connectivity index (χ3v) is 6.52. The Labute approximate surface area is 144 Å². The van der Waals surface area contributed by atoms with Crippen LogP contribution in [-0.2, 0) is 10.2 Å². The maximum Gasteiger partial charge on any atom is 0.221 e. The van der Waals surface area contributed by atoms with E-state index in [2.05, 4.69) is 79.8 Å². The lowest BCUT2D eigenvalue weighted by molar-refractivity contribution is -0.130. The minimum Gasteiger partial charge on any atom is -0.353 e. The largest absolute Gasteiger partial charge is 0.353 e. The van der Waals surface area contributed by atoms with Crippen molar-refractivity contribution in [3.8, 4) is 0 Å². The average Bonchev–Trinajstić information content (AvgIpc) is 2.59. The smallest absolute Gasteiger partial charge is 0.221 e. The minimum absolute atomic E-state index is 0.172. The predicted molar refractivity (Wildman–Crippen MR) is 96.7 cm³/mol. The number of nitrogens with one attached hydrogen (secondary N) is 1. The van der Waals surface area contributed by atoms with E-state index in [4.69, 9.17) is 0 Å². The standard InChI is InChI=1S/C22H25NO/c1-21(2)18-13-19(21)23-20(24)15-22(14-18,16-9-5-3-6-10-16)17-11-7-4-8-12-17/h3-12,18-19H,13-15H2,1-2H3,(H,23,24)/t18-,19-/m0/s1. The van der Waals surface area contributed by atoms with Crippen molar-refractivity contribution in [1.29, 1.82) is 0 Å². The number of benzene rings is 2. The lowest BCUT2D eigenvalue weighted by atomic mass is 9.51. The Morgan fingerprint density at radius 2 is 1.46 bits per heavy atom. The summed E-state index contributed by atoms with van der Waals surface area (Å²) in [4.78, 5) is 12.8. The monoisotopic (exact) mass is 319 g/mol. The van der Waals surface area contributed by atoms with Gasteiger partial charge >= 0.3 is 0 Å². The van der Waals surface area contributed by atoms with E-state index >= 15 is 0 Å². The van der Waals surface area contributed by atoms with E-state index in [0.717, 1.165) is 12.8 Å². The zero-order valence-corrected chi connectivity index (χ0v) is 14.5. The Bertz CT molecular complexity index is 696. The highest BCUT2D eigenvalue weighted by Crippen LogP contribution is 2.55. The molecule has 1 N–H and O–H groups in total. The van der Waals surface area contributed by atoms with E-state index in [-0.39, 0.29) is 16.7 Å². The number of hydrogen-bond acceptors (Lipinski definition) is 1. The summed E-state index contributed by atoms with van der Waals surface area (Å²) in [5.41, 5.74) is 2.45. The second-order valence-corrected chi connectivity index (χ2v) is 8.07. The SMILES string of the molecule is CC1(C)[C@H]2C[C@@H]1NC(=O)CC(c1ccccc1)(c1ccccc1)C2. The van der Waals surface area contributed by atoms with Crippen molar-refractivity contribution < 1.29 is 4.79 Å². The molecule has 2 nitrogen and oxygen atoms in total. The van der Waals surface area contributed by atoms with Gasteiger partial charge in [-0.05, 0) is 35.3 Å². The first-order valence-corrected chi connectivity index (χ1v) is 8.93. The summed E-state index contributed by atoms with van der Waals surface area (Å²) >= 11 is 0. The molecule has 1 amide bonds. The molecule has 3 fully saturated rings. The Balaban J connectivity index is 1.87. The van der Waals surface area contributed by atoms with Crippen molar-refractivity contribution >= 4 is 5.91 Å². The second-order valence-electron chi connectivity index (χ2n) is 8.07. The third-order valence-electron chi connectivity index (χ3n) is 6.52. The van der Waals surface area contributed by atoms with E-state index < -0.39 is 0 Å². The number of rotatable bonds is 2. The van der Waals surface area contributed by atoms with Gasteiger partial charge in [0.25, 0.3) is 0 Å². The van der Waals surface area contributed by atoms with Crippen molar-refractivity contribution in [3.05, 3.63) is 71.8 Å². The lowest BCUT2D eigenvalue weighted by Crippen LogP contribution is -2.62. The molecule has 2 saturated heterocycles. The van der Waals surface area contributed by atoms with E-state index in [1.165, 1.54) is 11.1 Å². The molecule has 2 bridgehead atoms. The number of hydrogen-bond donors (Lipinski definition) is 1. The molecule has 2 heteroatoms. The summed E-state index contributed by atoms with van der Waals surface area (Å²) in [6, 6.07) is 21.5. The van der Waals surface area contributed by atoms with E-state index in [1.807, 2.05) is 0 Å². The summed E-state index contributed by atoms with van der Waals surface area (Å²) in [6.07, 6.45) is 2.67. The Morgan fingerprint density at radius 3 is 1.96 bits per heavy atom. The third kappa shape index (κ3) is 2.28. The zero-order valence-electron chi connectivity index (χ0n) is 14.5. The highest BCUT2D eigenvalue weighted by Gasteiger charge is 2.54. The molecule has 24 heavy (non-hydrogen) atoms. The van der Waals surface area contributed by atoms with Gasteiger partial charge in [-0.15, -0.1) is 0 Å². The summed E-state index contributed by atoms with van der Waals surface area (Å²) in [5, 5.41) is 3.29. The van der Waals surface area contributed by atoms with Crippen LogP contribution in [0, 0.1) is 11.3 Å². The molecular formula is C22H25NO. The van der Waals surface area contributed by atoms with Gasteiger partial charge in [0.1, 0.15) is 0 Å². The normalized spacial score (nSPS) is 27.3. The van der Waals surface area contributed by atoms with E-state index in [0.29, 0.717) is 18.4 Å². The molecule has 1 saturated carbocycles. The first-order chi connectivity index (χ1) is 11.5. The maximum atomic E-state index is 12.8. The Hall–Kier alpha value is -2.09. The van der Waals surface area contributed by atoms with E-state index in [9.17, 15) is 4.79 Å². The molecular weight excluding hydrogens is 294 g/mol. The van der Waals surface area contributed by atoms with Crippen LogP contribution in [0.25, 0.3) is 0 Å². The van der Waals surface area contributed by atoms with Gasteiger partial charge in [-0.1, -0.05) is 74.5 Å². The minimum atomic E-state index is -0.236. The van der Waals surface area contributed by atoms with Crippen LogP contribution in [0.15, 0.2) is 60.7 Å². The zero-order chi connectivity index (χ0) is 16.8. The molecule has 0 aromatic heterocycles. The summed E-state index contributed by atoms with van der Waals surface area (Å²) in [6.45, 7) is 4.61. The molecule has 0 radical (unpaired) electrons. The number of amides is 1. The Morgan fingerprint density at radius 1 is 0.917 bits per heavy atom. The van der Waals surface area contributed by atoms with Crippen molar-refractivity contribution in [3.63, 3.8) is 0 Å². The molecule has 2 heterocycles. The van der Waals surface area contributed by atoms with Crippen LogP contribution >= 0.6 is 0 Å². The van der Waals surface area contributed by atoms with Crippen molar-refractivity contribution in [2.45, 2.75) is 44.6 Å². The Kier molecular flexibility index (Phi) is 3.52. The number of carbonyl (C=O) groups excluding carboxylic acids is 1. The summed E-state index contributed by atoms with van der Waals surface area (Å²) in [5.74, 6) is 0.808. The fraction of sp³-hybridized carbons (Fsp3) is 0.409. The maximum absolute atomic E-state index is 12.8. The van der Waals surface area contributed by atoms with Gasteiger partial charge in [-0.25, -0.2) is 0 Å². The van der Waals surface area contributed by atoms with Crippen molar-refractivity contribution in [1.82, 2.24) is 5.32 Å². The molecule has 0 unspecified atom stereocenters. The van der Waals surface area contributed by atoms with Gasteiger partial charge in [-0.3, -0.25) is 4.79 Å². The molecule has 3 aliphatic rings. The van der Waals surface area contributed by atoms with Gasteiger partial charge in [0.05, 0.1) is 0 Å². The van der Waals surface area contributed by atoms with Crippen LogP contribution in [0.2, 0.25) is 0 Å². The quantitative estimate of drug-likeness (QED) is 0.878. The van der Waals surface area contributed by atoms with E-state index in [1.54, 1.807) is 0 Å². The van der Waals surface area contributed by atoms with Gasteiger partial charge in [-0.2, -0.15) is 0 Å². The van der Waals surface area contributed by atoms with Crippen molar-refractivity contribution in [2.75, 3.05) is 0 Å². The number of carbonyl (C=O) groups is 1. The summed E-state index contributed by atoms with van der Waals surface area (Å²) < 4.78 is 0. The van der Waals surface area contributed by atoms with Crippen LogP contribution < -0.4 is 5.32 Å². The number of fused-ring (bicyclic) bond motifs is 4. The molecule has 5 rings (SSSR count). The first-order valence-electron chi connectivity index (χ1n) is 8.93. The van der Waals surface area contributed by atoms with Crippen LogP contribution in [0.3, 0.4) is 0 Å². The average molecular weight is 319 g/mol. The van der Waals surface area contributed by atoms with Crippen molar-refractivity contribution in [2.24, 2.45) is 11.3 Å². The van der Waals surface area contributed by atoms with Gasteiger partial charge < -0.3 is 5.32 Å². The van der Waals surface area contributed by atoms with Gasteiger partial charge in [0.15, 0.2) is 0 Å². The first kappa shape index (κ1) is 15.4. The molecule has 1 aliphatic carbocycles. The lowest BCUT2D eigenvalue weighted by Gasteiger charge is -2.57. The van der Waals surface area contributed by atoms with Gasteiger partial charge in [0.2, 0.25) is 5.91 Å². The molecule has 124 valence electrons. The predicted octanol–water partition coefficient (Wildman–Crippen LogP) is 4.30. The highest BCUT2D eigenvalue weighted by atomic mass is 16.1. The molecule has 0 spiro atoms. The van der Waals surface area contributed by atoms with Gasteiger partial charge in [0, 0.05) is 17.9 Å². The highest BCUT2D eigenvalue weighted by molar-refractivity contribution is 5.79. The van der Waals surface area contributed by atoms with Crippen LogP contribution in [-0.4, -0.2) is 11.9 Å². The fourth-order valence-electron chi connectivity index (χ4n) is 4.74. The van der Waals surface area contributed by atoms with Crippen LogP contribution in [0.1, 0.15) is 44.2 Å². The molecule has 2 aliphatic heterocycles. The summed E-state index contributed by atoms with van der Waals surface area (Å²) in [7, 11) is 0. The molecule has 2 aromatic rings. The topological polar surface area (TPSA) is 29.1 Å². The van der Waals surface area contributed by atoms with Crippen LogP contribution in [0.5, 0.6) is 0 Å². The fourth-order valence-corrected chi connectivity index (χ4v) is 4.74. The second kappa shape index (κ2) is 5.47. The molecule has 2 atom stereocenters.